The average Bonchev–Trinajstić information content (AvgIpc) is 3.41. The van der Waals surface area contributed by atoms with Crippen LogP contribution in [0.3, 0.4) is 0 Å². The number of likely N-dealkylation sites (tertiary alicyclic amines) is 1. The van der Waals surface area contributed by atoms with Crippen LogP contribution >= 0.6 is 0 Å². The van der Waals surface area contributed by atoms with E-state index in [2.05, 4.69) is 5.16 Å². The van der Waals surface area contributed by atoms with Gasteiger partial charge in [0.25, 0.3) is 0 Å². The maximum Gasteiger partial charge on any atom is 0.311 e. The Balaban J connectivity index is 1.54. The molecule has 27 heavy (non-hydrogen) atoms. The Morgan fingerprint density at radius 3 is 2.70 bits per heavy atom. The number of rotatable bonds is 5. The SMILES string of the molecule is Cc1ccc(-c2cc(C[C@@]3(C(=O)O)CCCN(C(=O)C4CC4)C3)on2)cc1. The quantitative estimate of drug-likeness (QED) is 0.875. The number of carboxylic acids is 1. The van der Waals surface area contributed by atoms with Crippen molar-refractivity contribution in [3.05, 3.63) is 41.7 Å². The van der Waals surface area contributed by atoms with Gasteiger partial charge in [-0.25, -0.2) is 0 Å². The summed E-state index contributed by atoms with van der Waals surface area (Å²) in [5, 5.41) is 14.1. The summed E-state index contributed by atoms with van der Waals surface area (Å²) in [5.74, 6) is -0.107. The van der Waals surface area contributed by atoms with E-state index in [9.17, 15) is 14.7 Å². The van der Waals surface area contributed by atoms with E-state index in [-0.39, 0.29) is 24.8 Å². The highest BCUT2D eigenvalue weighted by atomic mass is 16.5. The van der Waals surface area contributed by atoms with E-state index < -0.39 is 11.4 Å². The summed E-state index contributed by atoms with van der Waals surface area (Å²) in [6.07, 6.45) is 3.34. The molecule has 142 valence electrons. The third-order valence-electron chi connectivity index (χ3n) is 5.69. The minimum absolute atomic E-state index is 0.105. The third kappa shape index (κ3) is 3.61. The van der Waals surface area contributed by atoms with Crippen molar-refractivity contribution in [2.45, 2.75) is 39.0 Å². The zero-order valence-corrected chi connectivity index (χ0v) is 15.5. The first-order valence-corrected chi connectivity index (χ1v) is 9.52. The number of piperidine rings is 1. The van der Waals surface area contributed by atoms with Crippen molar-refractivity contribution in [2.75, 3.05) is 13.1 Å². The lowest BCUT2D eigenvalue weighted by atomic mass is 9.76. The number of hydrogen-bond donors (Lipinski definition) is 1. The summed E-state index contributed by atoms with van der Waals surface area (Å²) < 4.78 is 5.47. The molecule has 0 radical (unpaired) electrons. The van der Waals surface area contributed by atoms with E-state index in [0.717, 1.165) is 24.0 Å². The minimum atomic E-state index is -1.01. The van der Waals surface area contributed by atoms with Gasteiger partial charge in [0.1, 0.15) is 11.5 Å². The molecule has 1 saturated heterocycles. The molecule has 6 heteroatoms. The highest BCUT2D eigenvalue weighted by Gasteiger charge is 2.46. The largest absolute Gasteiger partial charge is 0.481 e. The Hall–Kier alpha value is -2.63. The number of benzene rings is 1. The predicted molar refractivity (Wildman–Crippen MR) is 99.0 cm³/mol. The number of aromatic nitrogens is 1. The van der Waals surface area contributed by atoms with Crippen LogP contribution in [0.4, 0.5) is 0 Å². The van der Waals surface area contributed by atoms with Gasteiger partial charge >= 0.3 is 5.97 Å². The van der Waals surface area contributed by atoms with Crippen LogP contribution in [0.15, 0.2) is 34.9 Å². The number of carboxylic acid groups (broad SMARTS) is 1. The Morgan fingerprint density at radius 1 is 1.30 bits per heavy atom. The smallest absolute Gasteiger partial charge is 0.311 e. The van der Waals surface area contributed by atoms with Crippen LogP contribution in [0.2, 0.25) is 0 Å². The van der Waals surface area contributed by atoms with Gasteiger partial charge in [-0.2, -0.15) is 0 Å². The normalized spacial score (nSPS) is 22.6. The molecule has 1 aromatic carbocycles. The fourth-order valence-corrected chi connectivity index (χ4v) is 3.89. The molecule has 0 spiro atoms. The van der Waals surface area contributed by atoms with Gasteiger partial charge in [-0.1, -0.05) is 35.0 Å². The van der Waals surface area contributed by atoms with Gasteiger partial charge in [0, 0.05) is 37.1 Å². The maximum atomic E-state index is 12.4. The second kappa shape index (κ2) is 6.83. The first-order chi connectivity index (χ1) is 13.0. The van der Waals surface area contributed by atoms with Gasteiger partial charge < -0.3 is 14.5 Å². The first kappa shape index (κ1) is 17.8. The monoisotopic (exact) mass is 368 g/mol. The minimum Gasteiger partial charge on any atom is -0.481 e. The summed E-state index contributed by atoms with van der Waals surface area (Å²) in [6, 6.07) is 9.77. The van der Waals surface area contributed by atoms with Crippen LogP contribution in [0, 0.1) is 18.3 Å². The van der Waals surface area contributed by atoms with Gasteiger partial charge in [0.15, 0.2) is 0 Å². The second-order valence-corrected chi connectivity index (χ2v) is 7.94. The lowest BCUT2D eigenvalue weighted by molar-refractivity contribution is -0.155. The Morgan fingerprint density at radius 2 is 2.04 bits per heavy atom. The standard InChI is InChI=1S/C21H24N2O4/c1-14-3-5-15(6-4-14)18-11-17(27-22-18)12-21(20(25)26)9-2-10-23(13-21)19(24)16-7-8-16/h3-6,11,16H,2,7-10,12-13H2,1H3,(H,25,26)/t21-/m0/s1. The number of carbonyl (C=O) groups is 2. The van der Waals surface area contributed by atoms with Gasteiger partial charge in [0.05, 0.1) is 5.41 Å². The molecule has 2 aromatic rings. The lowest BCUT2D eigenvalue weighted by Gasteiger charge is -2.39. The summed E-state index contributed by atoms with van der Waals surface area (Å²) in [4.78, 5) is 26.3. The van der Waals surface area contributed by atoms with Gasteiger partial charge in [-0.15, -0.1) is 0 Å². The molecule has 2 aliphatic rings. The van der Waals surface area contributed by atoms with E-state index >= 15 is 0 Å². The maximum absolute atomic E-state index is 12.4. The molecule has 1 atom stereocenters. The van der Waals surface area contributed by atoms with Crippen LogP contribution < -0.4 is 0 Å². The molecular formula is C21H24N2O4. The molecule has 1 saturated carbocycles. The summed E-state index contributed by atoms with van der Waals surface area (Å²) >= 11 is 0. The Kier molecular flexibility index (Phi) is 4.50. The number of hydrogen-bond acceptors (Lipinski definition) is 4. The number of nitrogens with zero attached hydrogens (tertiary/aromatic N) is 2. The van der Waals surface area contributed by atoms with E-state index in [1.807, 2.05) is 37.3 Å². The molecule has 1 N–H and O–H groups in total. The number of aryl methyl sites for hydroxylation is 1. The highest BCUT2D eigenvalue weighted by Crippen LogP contribution is 2.38. The number of amides is 1. The summed E-state index contributed by atoms with van der Waals surface area (Å²) in [6.45, 7) is 2.92. The van der Waals surface area contributed by atoms with Crippen molar-refractivity contribution in [2.24, 2.45) is 11.3 Å². The van der Waals surface area contributed by atoms with Crippen LogP contribution in [-0.4, -0.2) is 40.1 Å². The van der Waals surface area contributed by atoms with E-state index in [1.54, 1.807) is 4.90 Å². The van der Waals surface area contributed by atoms with E-state index in [1.165, 1.54) is 0 Å². The van der Waals surface area contributed by atoms with E-state index in [4.69, 9.17) is 4.52 Å². The van der Waals surface area contributed by atoms with E-state index in [0.29, 0.717) is 30.8 Å². The topological polar surface area (TPSA) is 83.6 Å². The highest BCUT2D eigenvalue weighted by molar-refractivity contribution is 5.83. The number of aliphatic carboxylic acids is 1. The second-order valence-electron chi connectivity index (χ2n) is 7.94. The van der Waals surface area contributed by atoms with Crippen LogP contribution in [-0.2, 0) is 16.0 Å². The molecule has 2 heterocycles. The zero-order chi connectivity index (χ0) is 19.0. The Labute approximate surface area is 158 Å². The van der Waals surface area contributed by atoms with Crippen molar-refractivity contribution in [3.63, 3.8) is 0 Å². The van der Waals surface area contributed by atoms with Crippen LogP contribution in [0.25, 0.3) is 11.3 Å². The zero-order valence-electron chi connectivity index (χ0n) is 15.5. The van der Waals surface area contributed by atoms with Crippen molar-refractivity contribution in [1.29, 1.82) is 0 Å². The van der Waals surface area contributed by atoms with Gasteiger partial charge in [-0.05, 0) is 32.6 Å². The number of carbonyl (C=O) groups excluding carboxylic acids is 1. The molecule has 1 amide bonds. The fraction of sp³-hybridized carbons (Fsp3) is 0.476. The fourth-order valence-electron chi connectivity index (χ4n) is 3.89. The van der Waals surface area contributed by atoms with Gasteiger partial charge in [-0.3, -0.25) is 9.59 Å². The summed E-state index contributed by atoms with van der Waals surface area (Å²) in [5.41, 5.74) is 1.80. The van der Waals surface area contributed by atoms with Crippen molar-refractivity contribution >= 4 is 11.9 Å². The molecular weight excluding hydrogens is 344 g/mol. The van der Waals surface area contributed by atoms with Crippen molar-refractivity contribution in [1.82, 2.24) is 10.1 Å². The van der Waals surface area contributed by atoms with Crippen molar-refractivity contribution in [3.8, 4) is 11.3 Å². The first-order valence-electron chi connectivity index (χ1n) is 9.52. The predicted octanol–water partition coefficient (Wildman–Crippen LogP) is 3.30. The molecule has 0 unspecified atom stereocenters. The Bertz CT molecular complexity index is 853. The molecule has 0 bridgehead atoms. The lowest BCUT2D eigenvalue weighted by Crippen LogP contribution is -2.51. The summed E-state index contributed by atoms with van der Waals surface area (Å²) in [7, 11) is 0. The van der Waals surface area contributed by atoms with Crippen LogP contribution in [0.1, 0.15) is 37.0 Å². The van der Waals surface area contributed by atoms with Crippen molar-refractivity contribution < 1.29 is 19.2 Å². The molecule has 6 nitrogen and oxygen atoms in total. The van der Waals surface area contributed by atoms with Gasteiger partial charge in [0.2, 0.25) is 5.91 Å². The van der Waals surface area contributed by atoms with Crippen LogP contribution in [0.5, 0.6) is 0 Å². The molecule has 1 aliphatic heterocycles. The third-order valence-corrected chi connectivity index (χ3v) is 5.69. The average molecular weight is 368 g/mol. The molecule has 1 aliphatic carbocycles. The molecule has 4 rings (SSSR count). The molecule has 1 aromatic heterocycles. The molecule has 2 fully saturated rings.